The SMILES string of the molecule is CCCNCc1cc(F)cc(OCc2ccccc2Cl)c1. The molecule has 0 saturated carbocycles. The summed E-state index contributed by atoms with van der Waals surface area (Å²) in [5.74, 6) is 0.225. The van der Waals surface area contributed by atoms with E-state index in [0.717, 1.165) is 24.1 Å². The van der Waals surface area contributed by atoms with Crippen molar-refractivity contribution in [2.24, 2.45) is 0 Å². The zero-order valence-electron chi connectivity index (χ0n) is 12.0. The molecule has 21 heavy (non-hydrogen) atoms. The molecule has 2 aromatic carbocycles. The Morgan fingerprint density at radius 1 is 1.19 bits per heavy atom. The molecule has 0 aliphatic rings. The van der Waals surface area contributed by atoms with Crippen molar-refractivity contribution in [2.75, 3.05) is 6.54 Å². The smallest absolute Gasteiger partial charge is 0.127 e. The van der Waals surface area contributed by atoms with Gasteiger partial charge in [0.05, 0.1) is 0 Å². The fourth-order valence-electron chi connectivity index (χ4n) is 1.99. The van der Waals surface area contributed by atoms with Crippen LogP contribution in [-0.2, 0) is 13.2 Å². The van der Waals surface area contributed by atoms with E-state index >= 15 is 0 Å². The van der Waals surface area contributed by atoms with Crippen LogP contribution in [0.3, 0.4) is 0 Å². The summed E-state index contributed by atoms with van der Waals surface area (Å²) < 4.78 is 19.3. The third kappa shape index (κ3) is 5.03. The number of nitrogens with one attached hydrogen (secondary N) is 1. The molecular weight excluding hydrogens is 289 g/mol. The molecule has 0 heterocycles. The highest BCUT2D eigenvalue weighted by atomic mass is 35.5. The fourth-order valence-corrected chi connectivity index (χ4v) is 2.18. The molecule has 2 rings (SSSR count). The molecule has 2 aromatic rings. The molecule has 0 aromatic heterocycles. The van der Waals surface area contributed by atoms with Crippen molar-refractivity contribution in [3.05, 3.63) is 64.4 Å². The maximum Gasteiger partial charge on any atom is 0.127 e. The van der Waals surface area contributed by atoms with Gasteiger partial charge in [0.15, 0.2) is 0 Å². The summed E-state index contributed by atoms with van der Waals surface area (Å²) in [4.78, 5) is 0. The van der Waals surface area contributed by atoms with Crippen LogP contribution in [-0.4, -0.2) is 6.54 Å². The molecule has 0 aliphatic heterocycles. The first kappa shape index (κ1) is 15.8. The minimum Gasteiger partial charge on any atom is -0.489 e. The molecule has 0 atom stereocenters. The van der Waals surface area contributed by atoms with Gasteiger partial charge >= 0.3 is 0 Å². The molecule has 0 unspecified atom stereocenters. The molecule has 0 spiro atoms. The zero-order valence-corrected chi connectivity index (χ0v) is 12.8. The van der Waals surface area contributed by atoms with Gasteiger partial charge in [-0.05, 0) is 36.7 Å². The Kier molecular flexibility index (Phi) is 6.03. The van der Waals surface area contributed by atoms with E-state index in [1.165, 1.54) is 12.1 Å². The van der Waals surface area contributed by atoms with E-state index < -0.39 is 0 Å². The van der Waals surface area contributed by atoms with E-state index in [2.05, 4.69) is 12.2 Å². The molecule has 0 radical (unpaired) electrons. The predicted molar refractivity (Wildman–Crippen MR) is 84.2 cm³/mol. The Bertz CT molecular complexity index is 589. The molecule has 0 bridgehead atoms. The van der Waals surface area contributed by atoms with Crippen LogP contribution in [0.15, 0.2) is 42.5 Å². The second-order valence-corrected chi connectivity index (χ2v) is 5.26. The Hall–Kier alpha value is -1.58. The minimum atomic E-state index is -0.292. The van der Waals surface area contributed by atoms with Crippen LogP contribution in [0.1, 0.15) is 24.5 Å². The van der Waals surface area contributed by atoms with Gasteiger partial charge in [-0.15, -0.1) is 0 Å². The summed E-state index contributed by atoms with van der Waals surface area (Å²) in [5, 5.41) is 3.90. The van der Waals surface area contributed by atoms with Crippen molar-refractivity contribution in [1.82, 2.24) is 5.32 Å². The maximum atomic E-state index is 13.6. The van der Waals surface area contributed by atoms with Gasteiger partial charge in [0.1, 0.15) is 18.2 Å². The van der Waals surface area contributed by atoms with Crippen LogP contribution < -0.4 is 10.1 Å². The normalized spacial score (nSPS) is 10.6. The van der Waals surface area contributed by atoms with E-state index in [1.54, 1.807) is 0 Å². The van der Waals surface area contributed by atoms with Gasteiger partial charge in [-0.2, -0.15) is 0 Å². The van der Waals surface area contributed by atoms with Gasteiger partial charge in [-0.3, -0.25) is 0 Å². The first-order valence-corrected chi connectivity index (χ1v) is 7.43. The van der Waals surface area contributed by atoms with Gasteiger partial charge < -0.3 is 10.1 Å². The summed E-state index contributed by atoms with van der Waals surface area (Å²) in [6.45, 7) is 3.96. The third-order valence-corrected chi connectivity index (χ3v) is 3.41. The number of ether oxygens (including phenoxy) is 1. The number of halogens is 2. The van der Waals surface area contributed by atoms with Crippen molar-refractivity contribution < 1.29 is 9.13 Å². The number of rotatable bonds is 7. The van der Waals surface area contributed by atoms with Gasteiger partial charge in [0.2, 0.25) is 0 Å². The first-order chi connectivity index (χ1) is 10.2. The van der Waals surface area contributed by atoms with Crippen LogP contribution in [0.4, 0.5) is 4.39 Å². The Morgan fingerprint density at radius 3 is 2.76 bits per heavy atom. The van der Waals surface area contributed by atoms with Crippen molar-refractivity contribution in [3.63, 3.8) is 0 Å². The van der Waals surface area contributed by atoms with Crippen LogP contribution in [0.25, 0.3) is 0 Å². The van der Waals surface area contributed by atoms with Gasteiger partial charge in [-0.1, -0.05) is 36.7 Å². The van der Waals surface area contributed by atoms with Crippen molar-refractivity contribution >= 4 is 11.6 Å². The first-order valence-electron chi connectivity index (χ1n) is 7.05. The van der Waals surface area contributed by atoms with Crippen molar-refractivity contribution in [3.8, 4) is 5.75 Å². The van der Waals surface area contributed by atoms with Crippen molar-refractivity contribution in [1.29, 1.82) is 0 Å². The lowest BCUT2D eigenvalue weighted by molar-refractivity contribution is 0.304. The minimum absolute atomic E-state index is 0.292. The Morgan fingerprint density at radius 2 is 2.00 bits per heavy atom. The molecule has 0 aliphatic carbocycles. The molecule has 0 amide bonds. The average Bonchev–Trinajstić information content (AvgIpc) is 2.46. The summed E-state index contributed by atoms with van der Waals surface area (Å²) >= 11 is 6.07. The number of hydrogen-bond acceptors (Lipinski definition) is 2. The summed E-state index contributed by atoms with van der Waals surface area (Å²) in [6, 6.07) is 12.2. The van der Waals surface area contributed by atoms with Gasteiger partial charge in [-0.25, -0.2) is 4.39 Å². The highest BCUT2D eigenvalue weighted by Crippen LogP contribution is 2.20. The highest BCUT2D eigenvalue weighted by molar-refractivity contribution is 6.31. The highest BCUT2D eigenvalue weighted by Gasteiger charge is 2.04. The standard InChI is InChI=1S/C17H19ClFNO/c1-2-7-20-11-13-8-15(19)10-16(9-13)21-12-14-5-3-4-6-17(14)18/h3-6,8-10,20H,2,7,11-12H2,1H3. The molecule has 0 saturated heterocycles. The van der Waals surface area contributed by atoms with Crippen LogP contribution in [0, 0.1) is 5.82 Å². The largest absolute Gasteiger partial charge is 0.489 e. The number of benzene rings is 2. The molecule has 0 fully saturated rings. The maximum absolute atomic E-state index is 13.6. The predicted octanol–water partition coefficient (Wildman–Crippen LogP) is 4.56. The quantitative estimate of drug-likeness (QED) is 0.757. The summed E-state index contributed by atoms with van der Waals surface area (Å²) in [7, 11) is 0. The Balaban J connectivity index is 2.01. The van der Waals surface area contributed by atoms with E-state index in [4.69, 9.17) is 16.3 Å². The van der Waals surface area contributed by atoms with E-state index in [1.807, 2.05) is 30.3 Å². The lowest BCUT2D eigenvalue weighted by atomic mass is 10.2. The Labute approximate surface area is 129 Å². The summed E-state index contributed by atoms with van der Waals surface area (Å²) in [6.07, 6.45) is 1.05. The molecule has 112 valence electrons. The topological polar surface area (TPSA) is 21.3 Å². The van der Waals surface area contributed by atoms with Crippen molar-refractivity contribution in [2.45, 2.75) is 26.5 Å². The number of hydrogen-bond donors (Lipinski definition) is 1. The van der Waals surface area contributed by atoms with Gasteiger partial charge in [0.25, 0.3) is 0 Å². The molecule has 2 nitrogen and oxygen atoms in total. The lowest BCUT2D eigenvalue weighted by Crippen LogP contribution is -2.14. The molecule has 4 heteroatoms. The van der Waals surface area contributed by atoms with E-state index in [0.29, 0.717) is 23.9 Å². The monoisotopic (exact) mass is 307 g/mol. The second-order valence-electron chi connectivity index (χ2n) is 4.85. The average molecular weight is 308 g/mol. The summed E-state index contributed by atoms with van der Waals surface area (Å²) in [5.41, 5.74) is 1.76. The molecule has 1 N–H and O–H groups in total. The lowest BCUT2D eigenvalue weighted by Gasteiger charge is -2.10. The van der Waals surface area contributed by atoms with E-state index in [-0.39, 0.29) is 5.82 Å². The van der Waals surface area contributed by atoms with Crippen LogP contribution >= 0.6 is 11.6 Å². The second kappa shape index (κ2) is 8.01. The fraction of sp³-hybridized carbons (Fsp3) is 0.294. The third-order valence-electron chi connectivity index (χ3n) is 3.04. The van der Waals surface area contributed by atoms with Crippen LogP contribution in [0.2, 0.25) is 5.02 Å². The zero-order chi connectivity index (χ0) is 15.1. The van der Waals surface area contributed by atoms with Gasteiger partial charge in [0, 0.05) is 23.2 Å². The van der Waals surface area contributed by atoms with E-state index in [9.17, 15) is 4.39 Å². The van der Waals surface area contributed by atoms with Crippen LogP contribution in [0.5, 0.6) is 5.75 Å². The molecular formula is C17H19ClFNO.